The Kier molecular flexibility index (Phi) is 7.05. The van der Waals surface area contributed by atoms with Crippen LogP contribution in [-0.4, -0.2) is 78.0 Å². The predicted octanol–water partition coefficient (Wildman–Crippen LogP) is 1.83. The van der Waals surface area contributed by atoms with E-state index in [2.05, 4.69) is 16.3 Å². The second-order valence-electron chi connectivity index (χ2n) is 8.68. The van der Waals surface area contributed by atoms with E-state index < -0.39 is 0 Å². The molecule has 4 aliphatic rings. The van der Waals surface area contributed by atoms with Crippen molar-refractivity contribution >= 4 is 24.3 Å². The van der Waals surface area contributed by atoms with Crippen molar-refractivity contribution in [3.8, 4) is 6.07 Å². The van der Waals surface area contributed by atoms with E-state index in [-0.39, 0.29) is 30.4 Å². The Morgan fingerprint density at radius 2 is 1.64 bits per heavy atom. The number of fused-ring (bicyclic) bond motifs is 1. The third kappa shape index (κ3) is 4.38. The van der Waals surface area contributed by atoms with Gasteiger partial charge < -0.3 is 20.0 Å². The normalized spacial score (nSPS) is 32.0. The lowest BCUT2D eigenvalue weighted by molar-refractivity contribution is -0.130. The number of rotatable bonds is 3. The monoisotopic (exact) mass is 409 g/mol. The van der Waals surface area contributed by atoms with E-state index in [1.807, 2.05) is 4.90 Å². The fourth-order valence-electron chi connectivity index (χ4n) is 5.44. The van der Waals surface area contributed by atoms with Gasteiger partial charge in [0.1, 0.15) is 6.04 Å². The summed E-state index contributed by atoms with van der Waals surface area (Å²) in [5.41, 5.74) is 0. The SMILES string of the molecule is Cl.N#C[C@@H]1CCCN1C(=O)CNC1C[C@@H]2CN(C(=O)N3CCCCC3)C[C@@H]2C1. The summed E-state index contributed by atoms with van der Waals surface area (Å²) in [5.74, 6) is 1.17. The average molecular weight is 410 g/mol. The fraction of sp³-hybridized carbons (Fsp3) is 0.850. The molecule has 0 aromatic heterocycles. The Morgan fingerprint density at radius 1 is 0.964 bits per heavy atom. The van der Waals surface area contributed by atoms with Crippen molar-refractivity contribution in [1.29, 1.82) is 5.26 Å². The maximum Gasteiger partial charge on any atom is 0.320 e. The number of likely N-dealkylation sites (tertiary alicyclic amines) is 3. The van der Waals surface area contributed by atoms with Crippen LogP contribution in [0.1, 0.15) is 44.9 Å². The van der Waals surface area contributed by atoms with Crippen LogP contribution in [0.15, 0.2) is 0 Å². The highest BCUT2D eigenvalue weighted by atomic mass is 35.5. The lowest BCUT2D eigenvalue weighted by Gasteiger charge is -2.31. The van der Waals surface area contributed by atoms with Gasteiger partial charge in [0.2, 0.25) is 5.91 Å². The molecule has 4 rings (SSSR count). The quantitative estimate of drug-likeness (QED) is 0.771. The molecule has 1 N–H and O–H groups in total. The smallest absolute Gasteiger partial charge is 0.320 e. The van der Waals surface area contributed by atoms with Crippen LogP contribution >= 0.6 is 12.4 Å². The van der Waals surface area contributed by atoms with E-state index in [4.69, 9.17) is 5.26 Å². The first-order chi connectivity index (χ1) is 13.2. The summed E-state index contributed by atoms with van der Waals surface area (Å²) >= 11 is 0. The average Bonchev–Trinajstić information content (AvgIpc) is 3.40. The lowest BCUT2D eigenvalue weighted by atomic mass is 10.0. The van der Waals surface area contributed by atoms with Gasteiger partial charge in [-0.05, 0) is 56.8 Å². The number of carbonyl (C=O) groups is 2. The highest BCUT2D eigenvalue weighted by molar-refractivity contribution is 5.85. The number of nitriles is 1. The van der Waals surface area contributed by atoms with Gasteiger partial charge in [0, 0.05) is 38.8 Å². The number of halogens is 1. The topological polar surface area (TPSA) is 79.7 Å². The number of nitrogens with zero attached hydrogens (tertiary/aromatic N) is 4. The van der Waals surface area contributed by atoms with E-state index in [1.165, 1.54) is 6.42 Å². The molecule has 1 saturated carbocycles. The number of amides is 3. The Morgan fingerprint density at radius 3 is 2.29 bits per heavy atom. The first-order valence-corrected chi connectivity index (χ1v) is 10.6. The predicted molar refractivity (Wildman–Crippen MR) is 108 cm³/mol. The second kappa shape index (κ2) is 9.32. The summed E-state index contributed by atoms with van der Waals surface area (Å²) in [6.45, 7) is 4.61. The molecule has 0 spiro atoms. The van der Waals surface area contributed by atoms with Crippen LogP contribution in [0.2, 0.25) is 0 Å². The highest BCUT2D eigenvalue weighted by Gasteiger charge is 2.43. The van der Waals surface area contributed by atoms with Gasteiger partial charge in [-0.1, -0.05) is 0 Å². The number of hydrogen-bond acceptors (Lipinski definition) is 4. The van der Waals surface area contributed by atoms with Gasteiger partial charge in [-0.2, -0.15) is 5.26 Å². The number of piperidine rings is 1. The van der Waals surface area contributed by atoms with Gasteiger partial charge in [-0.15, -0.1) is 12.4 Å². The van der Waals surface area contributed by atoms with Gasteiger partial charge in [0.25, 0.3) is 0 Å². The molecule has 8 heteroatoms. The van der Waals surface area contributed by atoms with Crippen LogP contribution in [0.3, 0.4) is 0 Å². The van der Waals surface area contributed by atoms with Crippen LogP contribution in [0, 0.1) is 23.2 Å². The Bertz CT molecular complexity index is 604. The molecule has 3 saturated heterocycles. The molecule has 1 unspecified atom stereocenters. The van der Waals surface area contributed by atoms with Crippen LogP contribution in [0.4, 0.5) is 4.79 Å². The molecule has 0 radical (unpaired) electrons. The standard InChI is InChI=1S/C20H31N5O2.ClH/c21-11-18-5-4-8-25(18)19(26)12-22-17-9-15-13-24(14-16(15)10-17)20(27)23-6-2-1-3-7-23;/h15-18,22H,1-10,12-14H2;1H/t15-,16+,17?,18-;/m0./s1. The van der Waals surface area contributed by atoms with E-state index in [0.717, 1.165) is 64.7 Å². The molecule has 3 aliphatic heterocycles. The van der Waals surface area contributed by atoms with Crippen molar-refractivity contribution in [3.63, 3.8) is 0 Å². The largest absolute Gasteiger partial charge is 0.326 e. The van der Waals surface area contributed by atoms with Crippen LogP contribution in [0.5, 0.6) is 0 Å². The molecule has 156 valence electrons. The molecule has 0 aromatic carbocycles. The minimum Gasteiger partial charge on any atom is -0.326 e. The highest BCUT2D eigenvalue weighted by Crippen LogP contribution is 2.38. The molecule has 4 atom stereocenters. The summed E-state index contributed by atoms with van der Waals surface area (Å²) in [4.78, 5) is 30.9. The zero-order valence-electron chi connectivity index (χ0n) is 16.5. The molecular weight excluding hydrogens is 378 g/mol. The maximum atomic E-state index is 12.7. The molecule has 1 aliphatic carbocycles. The number of carbonyl (C=O) groups excluding carboxylic acids is 2. The molecule has 7 nitrogen and oxygen atoms in total. The summed E-state index contributed by atoms with van der Waals surface area (Å²) in [6.07, 6.45) is 7.34. The Hall–Kier alpha value is -1.52. The van der Waals surface area contributed by atoms with Crippen LogP contribution in [0.25, 0.3) is 0 Å². The van der Waals surface area contributed by atoms with Gasteiger partial charge in [0.05, 0.1) is 12.6 Å². The van der Waals surface area contributed by atoms with Crippen molar-refractivity contribution < 1.29 is 9.59 Å². The van der Waals surface area contributed by atoms with Gasteiger partial charge in [0.15, 0.2) is 0 Å². The third-order valence-electron chi connectivity index (χ3n) is 6.91. The molecule has 28 heavy (non-hydrogen) atoms. The van der Waals surface area contributed by atoms with Crippen molar-refractivity contribution in [2.45, 2.75) is 57.0 Å². The van der Waals surface area contributed by atoms with Gasteiger partial charge in [-0.3, -0.25) is 4.79 Å². The molecule has 4 fully saturated rings. The van der Waals surface area contributed by atoms with E-state index in [0.29, 0.717) is 31.0 Å². The molecule has 3 amide bonds. The summed E-state index contributed by atoms with van der Waals surface area (Å²) < 4.78 is 0. The van der Waals surface area contributed by atoms with E-state index >= 15 is 0 Å². The number of hydrogen-bond donors (Lipinski definition) is 1. The Balaban J connectivity index is 0.00000225. The molecule has 3 heterocycles. The van der Waals surface area contributed by atoms with Crippen molar-refractivity contribution in [2.75, 3.05) is 39.3 Å². The van der Waals surface area contributed by atoms with Crippen LogP contribution < -0.4 is 5.32 Å². The zero-order chi connectivity index (χ0) is 18.8. The number of urea groups is 1. The van der Waals surface area contributed by atoms with Crippen molar-refractivity contribution in [3.05, 3.63) is 0 Å². The molecular formula is C20H32ClN5O2. The first kappa shape index (κ1) is 21.2. The first-order valence-electron chi connectivity index (χ1n) is 10.6. The van der Waals surface area contributed by atoms with Gasteiger partial charge in [-0.25, -0.2) is 4.79 Å². The van der Waals surface area contributed by atoms with E-state index in [1.54, 1.807) is 4.90 Å². The van der Waals surface area contributed by atoms with Gasteiger partial charge >= 0.3 is 6.03 Å². The molecule has 0 bridgehead atoms. The summed E-state index contributed by atoms with van der Waals surface area (Å²) in [7, 11) is 0. The lowest BCUT2D eigenvalue weighted by Crippen LogP contribution is -2.45. The third-order valence-corrected chi connectivity index (χ3v) is 6.91. The molecule has 0 aromatic rings. The Labute approximate surface area is 173 Å². The summed E-state index contributed by atoms with van der Waals surface area (Å²) in [5, 5.41) is 12.6. The number of nitrogens with one attached hydrogen (secondary N) is 1. The maximum absolute atomic E-state index is 12.7. The fourth-order valence-corrected chi connectivity index (χ4v) is 5.44. The summed E-state index contributed by atoms with van der Waals surface area (Å²) in [6, 6.07) is 2.59. The minimum absolute atomic E-state index is 0. The zero-order valence-corrected chi connectivity index (χ0v) is 17.3. The van der Waals surface area contributed by atoms with Crippen LogP contribution in [-0.2, 0) is 4.79 Å². The minimum atomic E-state index is -0.239. The van der Waals surface area contributed by atoms with Crippen molar-refractivity contribution in [1.82, 2.24) is 20.0 Å². The van der Waals surface area contributed by atoms with Crippen molar-refractivity contribution in [2.24, 2.45) is 11.8 Å². The van der Waals surface area contributed by atoms with E-state index in [9.17, 15) is 9.59 Å². The second-order valence-corrected chi connectivity index (χ2v) is 8.68.